The van der Waals surface area contributed by atoms with Gasteiger partial charge in [0.1, 0.15) is 0 Å². The Bertz CT molecular complexity index is 533. The smallest absolute Gasteiger partial charge is 0.216 e. The van der Waals surface area contributed by atoms with Crippen LogP contribution in [0.1, 0.15) is 30.9 Å². The Morgan fingerprint density at radius 1 is 1.30 bits per heavy atom. The Balaban J connectivity index is 2.02. The van der Waals surface area contributed by atoms with Crippen LogP contribution in [0.2, 0.25) is 0 Å². The molecule has 20 heavy (non-hydrogen) atoms. The highest BCUT2D eigenvalue weighted by atomic mass is 32.2. The fraction of sp³-hybridized carbons (Fsp3) is 0.571. The van der Waals surface area contributed by atoms with Crippen molar-refractivity contribution in [3.8, 4) is 0 Å². The number of hydrogen-bond acceptors (Lipinski definition) is 4. The van der Waals surface area contributed by atoms with Gasteiger partial charge >= 0.3 is 0 Å². The maximum absolute atomic E-state index is 12.2. The molecule has 1 atom stereocenters. The molecule has 1 aliphatic heterocycles. The first kappa shape index (κ1) is 15.4. The predicted molar refractivity (Wildman–Crippen MR) is 76.6 cm³/mol. The minimum absolute atomic E-state index is 0.0410. The Morgan fingerprint density at radius 3 is 2.50 bits per heavy atom. The third kappa shape index (κ3) is 4.28. The van der Waals surface area contributed by atoms with Gasteiger partial charge < -0.3 is 9.84 Å². The summed E-state index contributed by atoms with van der Waals surface area (Å²) in [5, 5.41) is 8.97. The number of sulfonamides is 1. The normalized spacial score (nSPS) is 23.7. The maximum Gasteiger partial charge on any atom is 0.216 e. The molecule has 1 fully saturated rings. The molecule has 112 valence electrons. The standard InChI is InChI=1S/C14H21NO4S/c1-14(7-2-8-19-11-14)15-20(17,18)10-13-5-3-12(9-16)4-6-13/h3-6,15-16H,2,7-11H2,1H3. The minimum Gasteiger partial charge on any atom is -0.392 e. The number of ether oxygens (including phenoxy) is 1. The van der Waals surface area contributed by atoms with Crippen LogP contribution in [0.5, 0.6) is 0 Å². The average molecular weight is 299 g/mol. The second-order valence-corrected chi connectivity index (χ2v) is 7.27. The van der Waals surface area contributed by atoms with Gasteiger partial charge in [-0.15, -0.1) is 0 Å². The van der Waals surface area contributed by atoms with Gasteiger partial charge in [-0.1, -0.05) is 24.3 Å². The van der Waals surface area contributed by atoms with E-state index >= 15 is 0 Å². The van der Waals surface area contributed by atoms with Crippen molar-refractivity contribution in [1.82, 2.24) is 4.72 Å². The van der Waals surface area contributed by atoms with Crippen molar-refractivity contribution in [2.75, 3.05) is 13.2 Å². The van der Waals surface area contributed by atoms with E-state index in [-0.39, 0.29) is 12.4 Å². The number of rotatable bonds is 5. The molecule has 1 saturated heterocycles. The molecule has 0 aliphatic carbocycles. The molecule has 0 saturated carbocycles. The van der Waals surface area contributed by atoms with Gasteiger partial charge in [0, 0.05) is 6.61 Å². The molecule has 0 aromatic heterocycles. The quantitative estimate of drug-likeness (QED) is 0.856. The third-order valence-corrected chi connectivity index (χ3v) is 4.92. The van der Waals surface area contributed by atoms with Crippen LogP contribution < -0.4 is 4.72 Å². The van der Waals surface area contributed by atoms with Crippen LogP contribution in [0, 0.1) is 0 Å². The Kier molecular flexibility index (Phi) is 4.80. The average Bonchev–Trinajstić information content (AvgIpc) is 2.38. The Hall–Kier alpha value is -0.950. The summed E-state index contributed by atoms with van der Waals surface area (Å²) < 4.78 is 32.5. The molecule has 1 aromatic carbocycles. The van der Waals surface area contributed by atoms with E-state index in [0.29, 0.717) is 18.8 Å². The van der Waals surface area contributed by atoms with Gasteiger partial charge in [0.15, 0.2) is 0 Å². The van der Waals surface area contributed by atoms with Gasteiger partial charge in [-0.3, -0.25) is 0 Å². The van der Waals surface area contributed by atoms with Gasteiger partial charge in [-0.2, -0.15) is 0 Å². The summed E-state index contributed by atoms with van der Waals surface area (Å²) >= 11 is 0. The molecule has 0 spiro atoms. The third-order valence-electron chi connectivity index (χ3n) is 3.40. The molecule has 0 bridgehead atoms. The molecular formula is C14H21NO4S. The van der Waals surface area contributed by atoms with E-state index < -0.39 is 15.6 Å². The molecular weight excluding hydrogens is 278 g/mol. The lowest BCUT2D eigenvalue weighted by Crippen LogP contribution is -2.51. The van der Waals surface area contributed by atoms with Gasteiger partial charge in [0.2, 0.25) is 10.0 Å². The van der Waals surface area contributed by atoms with Crippen molar-refractivity contribution in [2.24, 2.45) is 0 Å². The molecule has 1 heterocycles. The van der Waals surface area contributed by atoms with Gasteiger partial charge in [-0.25, -0.2) is 13.1 Å². The summed E-state index contributed by atoms with van der Waals surface area (Å²) in [5.74, 6) is -0.0612. The molecule has 1 aliphatic rings. The second kappa shape index (κ2) is 6.22. The Morgan fingerprint density at radius 2 is 1.95 bits per heavy atom. The molecule has 2 rings (SSSR count). The van der Waals surface area contributed by atoms with E-state index in [1.807, 2.05) is 6.92 Å². The van der Waals surface area contributed by atoms with E-state index in [4.69, 9.17) is 9.84 Å². The summed E-state index contributed by atoms with van der Waals surface area (Å²) in [6.45, 7) is 2.94. The lowest BCUT2D eigenvalue weighted by Gasteiger charge is -2.33. The summed E-state index contributed by atoms with van der Waals surface area (Å²) in [5.41, 5.74) is 0.962. The minimum atomic E-state index is -3.40. The topological polar surface area (TPSA) is 75.6 Å². The number of aliphatic hydroxyl groups is 1. The SMILES string of the molecule is CC1(NS(=O)(=O)Cc2ccc(CO)cc2)CCCOC1. The van der Waals surface area contributed by atoms with E-state index in [1.165, 1.54) is 0 Å². The monoisotopic (exact) mass is 299 g/mol. The Labute approximate surface area is 120 Å². The fourth-order valence-corrected chi connectivity index (χ4v) is 4.00. The lowest BCUT2D eigenvalue weighted by atomic mass is 9.97. The summed E-state index contributed by atoms with van der Waals surface area (Å²) in [6, 6.07) is 6.92. The number of nitrogens with one attached hydrogen (secondary N) is 1. The highest BCUT2D eigenvalue weighted by Crippen LogP contribution is 2.20. The second-order valence-electron chi connectivity index (χ2n) is 5.55. The van der Waals surface area contributed by atoms with Crippen LogP contribution in [0.25, 0.3) is 0 Å². The zero-order valence-electron chi connectivity index (χ0n) is 11.6. The largest absolute Gasteiger partial charge is 0.392 e. The fourth-order valence-electron chi connectivity index (χ4n) is 2.39. The zero-order chi connectivity index (χ0) is 14.6. The van der Waals surface area contributed by atoms with Crippen molar-refractivity contribution in [1.29, 1.82) is 0 Å². The summed E-state index contributed by atoms with van der Waals surface area (Å²) in [7, 11) is -3.40. The zero-order valence-corrected chi connectivity index (χ0v) is 12.4. The molecule has 0 amide bonds. The predicted octanol–water partition coefficient (Wildman–Crippen LogP) is 1.17. The number of hydrogen-bond donors (Lipinski definition) is 2. The number of aliphatic hydroxyl groups excluding tert-OH is 1. The van der Waals surface area contributed by atoms with Crippen molar-refractivity contribution >= 4 is 10.0 Å². The maximum atomic E-state index is 12.2. The molecule has 5 nitrogen and oxygen atoms in total. The summed E-state index contributed by atoms with van der Waals surface area (Å²) in [6.07, 6.45) is 1.65. The van der Waals surface area contributed by atoms with Crippen molar-refractivity contribution in [3.63, 3.8) is 0 Å². The van der Waals surface area contributed by atoms with E-state index in [1.54, 1.807) is 24.3 Å². The first-order valence-electron chi connectivity index (χ1n) is 6.71. The van der Waals surface area contributed by atoms with Crippen LogP contribution in [-0.2, 0) is 27.1 Å². The van der Waals surface area contributed by atoms with Gasteiger partial charge in [0.25, 0.3) is 0 Å². The molecule has 1 unspecified atom stereocenters. The van der Waals surface area contributed by atoms with Crippen molar-refractivity contribution in [3.05, 3.63) is 35.4 Å². The van der Waals surface area contributed by atoms with Crippen LogP contribution in [-0.4, -0.2) is 32.3 Å². The van der Waals surface area contributed by atoms with Gasteiger partial charge in [-0.05, 0) is 30.9 Å². The molecule has 2 N–H and O–H groups in total. The lowest BCUT2D eigenvalue weighted by molar-refractivity contribution is 0.0386. The van der Waals surface area contributed by atoms with Crippen LogP contribution in [0.3, 0.4) is 0 Å². The van der Waals surface area contributed by atoms with E-state index in [2.05, 4.69) is 4.72 Å². The van der Waals surface area contributed by atoms with E-state index in [0.717, 1.165) is 18.4 Å². The van der Waals surface area contributed by atoms with E-state index in [9.17, 15) is 8.42 Å². The van der Waals surface area contributed by atoms with Crippen LogP contribution in [0.15, 0.2) is 24.3 Å². The van der Waals surface area contributed by atoms with Crippen LogP contribution in [0.4, 0.5) is 0 Å². The summed E-state index contributed by atoms with van der Waals surface area (Å²) in [4.78, 5) is 0. The molecule has 0 radical (unpaired) electrons. The highest BCUT2D eigenvalue weighted by molar-refractivity contribution is 7.88. The number of benzene rings is 1. The van der Waals surface area contributed by atoms with Crippen molar-refractivity contribution < 1.29 is 18.3 Å². The molecule has 1 aromatic rings. The van der Waals surface area contributed by atoms with Gasteiger partial charge in [0.05, 0.1) is 24.5 Å². The van der Waals surface area contributed by atoms with Crippen molar-refractivity contribution in [2.45, 2.75) is 37.7 Å². The first-order valence-corrected chi connectivity index (χ1v) is 8.36. The first-order chi connectivity index (χ1) is 9.42. The highest BCUT2D eigenvalue weighted by Gasteiger charge is 2.32. The molecule has 6 heteroatoms. The van der Waals surface area contributed by atoms with Crippen LogP contribution >= 0.6 is 0 Å².